The minimum absolute atomic E-state index is 0.0270. The molecule has 1 aliphatic rings. The van der Waals surface area contributed by atoms with Gasteiger partial charge in [0, 0.05) is 33.4 Å². The van der Waals surface area contributed by atoms with Gasteiger partial charge < -0.3 is 20.3 Å². The second kappa shape index (κ2) is 6.70. The normalized spacial score (nSPS) is 18.8. The van der Waals surface area contributed by atoms with Crippen molar-refractivity contribution < 1.29 is 14.3 Å². The molecule has 0 aliphatic carbocycles. The van der Waals surface area contributed by atoms with Gasteiger partial charge in [-0.05, 0) is 20.3 Å². The van der Waals surface area contributed by atoms with Crippen LogP contribution in [0.4, 0.5) is 0 Å². The maximum atomic E-state index is 12.0. The number of rotatable bonds is 6. The van der Waals surface area contributed by atoms with Crippen molar-refractivity contribution in [3.05, 3.63) is 0 Å². The van der Waals surface area contributed by atoms with E-state index in [1.165, 1.54) is 0 Å². The van der Waals surface area contributed by atoms with Crippen LogP contribution in [0.1, 0.15) is 20.3 Å². The van der Waals surface area contributed by atoms with E-state index in [9.17, 15) is 9.59 Å². The highest BCUT2D eigenvalue weighted by Gasteiger charge is 2.35. The number of nitrogens with zero attached hydrogens (tertiary/aromatic N) is 1. The first-order valence-corrected chi connectivity index (χ1v) is 6.27. The molecule has 0 spiro atoms. The van der Waals surface area contributed by atoms with Crippen LogP contribution in [-0.2, 0) is 14.3 Å². The molecule has 18 heavy (non-hydrogen) atoms. The van der Waals surface area contributed by atoms with Gasteiger partial charge in [0.1, 0.15) is 0 Å². The topological polar surface area (TPSA) is 70.7 Å². The van der Waals surface area contributed by atoms with Gasteiger partial charge in [-0.15, -0.1) is 0 Å². The van der Waals surface area contributed by atoms with E-state index in [1.807, 2.05) is 13.8 Å². The lowest BCUT2D eigenvalue weighted by Gasteiger charge is -2.37. The first kappa shape index (κ1) is 14.9. The molecule has 0 aromatic heterocycles. The second-order valence-corrected chi connectivity index (χ2v) is 4.97. The van der Waals surface area contributed by atoms with Gasteiger partial charge in [-0.2, -0.15) is 0 Å². The highest BCUT2D eigenvalue weighted by Crippen LogP contribution is 2.11. The minimum atomic E-state index is -0.575. The van der Waals surface area contributed by atoms with Crippen molar-refractivity contribution in [1.29, 1.82) is 0 Å². The maximum absolute atomic E-state index is 12.0. The highest BCUT2D eigenvalue weighted by molar-refractivity contribution is 5.90. The molecule has 1 rings (SSSR count). The Bertz CT molecular complexity index is 305. The first-order chi connectivity index (χ1) is 8.47. The van der Waals surface area contributed by atoms with Crippen molar-refractivity contribution in [2.75, 3.05) is 39.9 Å². The van der Waals surface area contributed by atoms with E-state index in [4.69, 9.17) is 4.74 Å². The van der Waals surface area contributed by atoms with Crippen LogP contribution in [-0.4, -0.2) is 62.1 Å². The van der Waals surface area contributed by atoms with Crippen molar-refractivity contribution in [2.24, 2.45) is 0 Å². The van der Waals surface area contributed by atoms with E-state index in [1.54, 1.807) is 12.0 Å². The third-order valence-corrected chi connectivity index (χ3v) is 2.95. The van der Waals surface area contributed by atoms with Gasteiger partial charge in [-0.1, -0.05) is 0 Å². The standard InChI is InChI=1S/C12H23N3O3/c1-12(2)11(17)15(7-6-14-12)9-10(16)13-5-4-8-18-3/h14H,4-9H2,1-3H3,(H,13,16). The zero-order valence-corrected chi connectivity index (χ0v) is 11.4. The van der Waals surface area contributed by atoms with Crippen LogP contribution in [0.25, 0.3) is 0 Å². The van der Waals surface area contributed by atoms with Crippen LogP contribution < -0.4 is 10.6 Å². The molecule has 2 amide bonds. The average Bonchev–Trinajstić information content (AvgIpc) is 2.31. The molecular formula is C12H23N3O3. The van der Waals surface area contributed by atoms with Crippen molar-refractivity contribution >= 4 is 11.8 Å². The summed E-state index contributed by atoms with van der Waals surface area (Å²) in [5.41, 5.74) is -0.575. The molecule has 104 valence electrons. The zero-order chi connectivity index (χ0) is 13.6. The van der Waals surface area contributed by atoms with Crippen molar-refractivity contribution in [2.45, 2.75) is 25.8 Å². The summed E-state index contributed by atoms with van der Waals surface area (Å²) < 4.78 is 4.89. The molecule has 1 fully saturated rings. The van der Waals surface area contributed by atoms with Gasteiger partial charge in [0.15, 0.2) is 0 Å². The average molecular weight is 257 g/mol. The van der Waals surface area contributed by atoms with E-state index < -0.39 is 5.54 Å². The quantitative estimate of drug-likeness (QED) is 0.620. The lowest BCUT2D eigenvalue weighted by Crippen LogP contribution is -2.62. The van der Waals surface area contributed by atoms with Crippen LogP contribution in [0, 0.1) is 0 Å². The maximum Gasteiger partial charge on any atom is 0.242 e. The zero-order valence-electron chi connectivity index (χ0n) is 11.4. The Morgan fingerprint density at radius 2 is 2.28 bits per heavy atom. The van der Waals surface area contributed by atoms with Gasteiger partial charge in [-0.3, -0.25) is 9.59 Å². The smallest absolute Gasteiger partial charge is 0.242 e. The van der Waals surface area contributed by atoms with E-state index in [2.05, 4.69) is 10.6 Å². The first-order valence-electron chi connectivity index (χ1n) is 6.27. The molecule has 1 heterocycles. The fraction of sp³-hybridized carbons (Fsp3) is 0.833. The van der Waals surface area contributed by atoms with Gasteiger partial charge >= 0.3 is 0 Å². The number of amides is 2. The molecule has 6 nitrogen and oxygen atoms in total. The third-order valence-electron chi connectivity index (χ3n) is 2.95. The van der Waals surface area contributed by atoms with Crippen LogP contribution in [0.2, 0.25) is 0 Å². The van der Waals surface area contributed by atoms with E-state index in [0.29, 0.717) is 19.7 Å². The van der Waals surface area contributed by atoms with Crippen LogP contribution >= 0.6 is 0 Å². The number of hydrogen-bond donors (Lipinski definition) is 2. The molecule has 0 bridgehead atoms. The largest absolute Gasteiger partial charge is 0.385 e. The molecule has 6 heteroatoms. The Balaban J connectivity index is 2.33. The Labute approximate surface area is 108 Å². The molecule has 0 aromatic rings. The number of ether oxygens (including phenoxy) is 1. The van der Waals surface area contributed by atoms with Gasteiger partial charge in [-0.25, -0.2) is 0 Å². The van der Waals surface area contributed by atoms with E-state index in [0.717, 1.165) is 13.0 Å². The van der Waals surface area contributed by atoms with E-state index in [-0.39, 0.29) is 18.4 Å². The summed E-state index contributed by atoms with van der Waals surface area (Å²) in [7, 11) is 1.63. The molecular weight excluding hydrogens is 234 g/mol. The van der Waals surface area contributed by atoms with E-state index >= 15 is 0 Å². The lowest BCUT2D eigenvalue weighted by atomic mass is 10.0. The van der Waals surface area contributed by atoms with Crippen molar-refractivity contribution in [3.63, 3.8) is 0 Å². The Kier molecular flexibility index (Phi) is 5.55. The monoisotopic (exact) mass is 257 g/mol. The Morgan fingerprint density at radius 1 is 1.56 bits per heavy atom. The van der Waals surface area contributed by atoms with Gasteiger partial charge in [0.05, 0.1) is 12.1 Å². The SMILES string of the molecule is COCCCNC(=O)CN1CCNC(C)(C)C1=O. The van der Waals surface area contributed by atoms with Gasteiger partial charge in [0.2, 0.25) is 11.8 Å². The summed E-state index contributed by atoms with van der Waals surface area (Å²) in [6.45, 7) is 6.30. The fourth-order valence-corrected chi connectivity index (χ4v) is 1.90. The van der Waals surface area contributed by atoms with Crippen molar-refractivity contribution in [3.8, 4) is 0 Å². The number of carbonyl (C=O) groups is 2. The van der Waals surface area contributed by atoms with Crippen LogP contribution in [0.15, 0.2) is 0 Å². The number of methoxy groups -OCH3 is 1. The number of piperazine rings is 1. The fourth-order valence-electron chi connectivity index (χ4n) is 1.90. The summed E-state index contributed by atoms with van der Waals surface area (Å²) in [4.78, 5) is 25.3. The third kappa shape index (κ3) is 4.27. The molecule has 0 radical (unpaired) electrons. The predicted octanol–water partition coefficient (Wildman–Crippen LogP) is -0.650. The number of hydrogen-bond acceptors (Lipinski definition) is 4. The molecule has 1 saturated heterocycles. The Hall–Kier alpha value is -1.14. The molecule has 2 N–H and O–H groups in total. The second-order valence-electron chi connectivity index (χ2n) is 4.97. The van der Waals surface area contributed by atoms with Crippen LogP contribution in [0.5, 0.6) is 0 Å². The Morgan fingerprint density at radius 3 is 2.94 bits per heavy atom. The predicted molar refractivity (Wildman–Crippen MR) is 68.2 cm³/mol. The number of nitrogens with one attached hydrogen (secondary N) is 2. The molecule has 0 aromatic carbocycles. The lowest BCUT2D eigenvalue weighted by molar-refractivity contribution is -0.143. The molecule has 0 atom stereocenters. The van der Waals surface area contributed by atoms with Crippen LogP contribution in [0.3, 0.4) is 0 Å². The molecule has 0 unspecified atom stereocenters. The molecule has 1 aliphatic heterocycles. The van der Waals surface area contributed by atoms with Crippen molar-refractivity contribution in [1.82, 2.24) is 15.5 Å². The minimum Gasteiger partial charge on any atom is -0.385 e. The number of carbonyl (C=O) groups excluding carboxylic acids is 2. The van der Waals surface area contributed by atoms with Gasteiger partial charge in [0.25, 0.3) is 0 Å². The summed E-state index contributed by atoms with van der Waals surface area (Å²) in [5, 5.41) is 5.91. The summed E-state index contributed by atoms with van der Waals surface area (Å²) in [6.07, 6.45) is 0.781. The molecule has 0 saturated carbocycles. The summed E-state index contributed by atoms with van der Waals surface area (Å²) in [6, 6.07) is 0. The summed E-state index contributed by atoms with van der Waals surface area (Å²) in [5.74, 6) is -0.141. The highest BCUT2D eigenvalue weighted by atomic mass is 16.5. The summed E-state index contributed by atoms with van der Waals surface area (Å²) >= 11 is 0.